The standard InChI is InChI=1S/C56H68O3Si2/c1-42(24-23-39-57)51-36-37-52-44(25-22-38-56(51,52)9)34-35-45-40-46(58-60(54(3,4)5,47-26-14-10-15-27-47)48-28-16-11-17-29-48)41-53(43(45)2)59-61(55(6,7)8,49-30-18-12-19-31-49)50-32-20-13-21-33-50/h10-21,23-24,26-35,39,46,51-53H,1-2,22,25,36-38,40-41H2,3-9H3/t46-,51-,52+,53+,56-/m1/s1. The number of aldehydes is 1. The molecule has 0 radical (unpaired) electrons. The van der Waals surface area contributed by atoms with Crippen molar-refractivity contribution in [3.05, 3.63) is 181 Å². The number of carbonyl (C=O) groups excluding carboxylic acids is 1. The average Bonchev–Trinajstić information content (AvgIpc) is 3.62. The third-order valence-electron chi connectivity index (χ3n) is 14.5. The Balaban J connectivity index is 1.36. The molecular formula is C56H68O3Si2. The first-order valence-electron chi connectivity index (χ1n) is 22.6. The fourth-order valence-electron chi connectivity index (χ4n) is 11.6. The summed E-state index contributed by atoms with van der Waals surface area (Å²) in [6, 6.07) is 44.1. The third kappa shape index (κ3) is 8.56. The molecule has 3 nitrogen and oxygen atoms in total. The summed E-state index contributed by atoms with van der Waals surface area (Å²) < 4.78 is 16.0. The van der Waals surface area contributed by atoms with Crippen molar-refractivity contribution in [2.45, 2.75) is 116 Å². The molecule has 0 N–H and O–H groups in total. The number of benzene rings is 4. The summed E-state index contributed by atoms with van der Waals surface area (Å²) >= 11 is 0. The van der Waals surface area contributed by atoms with Crippen LogP contribution in [-0.4, -0.2) is 35.1 Å². The third-order valence-corrected chi connectivity index (χ3v) is 24.7. The lowest BCUT2D eigenvalue weighted by molar-refractivity contribution is -0.104. The van der Waals surface area contributed by atoms with Crippen molar-refractivity contribution in [3.8, 4) is 0 Å². The second-order valence-electron chi connectivity index (χ2n) is 20.2. The molecule has 4 aromatic rings. The van der Waals surface area contributed by atoms with Gasteiger partial charge in [-0.05, 0) is 104 Å². The van der Waals surface area contributed by atoms with E-state index in [1.54, 1.807) is 6.08 Å². The second-order valence-corrected chi connectivity index (χ2v) is 28.7. The van der Waals surface area contributed by atoms with Crippen molar-refractivity contribution in [1.29, 1.82) is 0 Å². The summed E-state index contributed by atoms with van der Waals surface area (Å²) in [6.07, 6.45) is 16.1. The molecule has 0 heterocycles. The van der Waals surface area contributed by atoms with Gasteiger partial charge in [0, 0.05) is 6.42 Å². The van der Waals surface area contributed by atoms with Gasteiger partial charge in [0.1, 0.15) is 6.29 Å². The summed E-state index contributed by atoms with van der Waals surface area (Å²) in [4.78, 5) is 11.2. The van der Waals surface area contributed by atoms with Gasteiger partial charge in [-0.1, -0.05) is 212 Å². The highest BCUT2D eigenvalue weighted by atomic mass is 28.4. The maximum atomic E-state index is 11.2. The van der Waals surface area contributed by atoms with Crippen molar-refractivity contribution < 1.29 is 13.6 Å². The zero-order chi connectivity index (χ0) is 43.5. The molecule has 0 aromatic heterocycles. The van der Waals surface area contributed by atoms with Crippen molar-refractivity contribution in [1.82, 2.24) is 0 Å². The molecule has 5 heteroatoms. The highest BCUT2D eigenvalue weighted by Crippen LogP contribution is 2.59. The molecular weight excluding hydrogens is 777 g/mol. The predicted molar refractivity (Wildman–Crippen MR) is 262 cm³/mol. The van der Waals surface area contributed by atoms with Crippen molar-refractivity contribution in [2.75, 3.05) is 0 Å². The van der Waals surface area contributed by atoms with E-state index in [1.807, 2.05) is 6.08 Å². The van der Waals surface area contributed by atoms with Crippen LogP contribution >= 0.6 is 0 Å². The molecule has 318 valence electrons. The minimum Gasteiger partial charge on any atom is -0.404 e. The van der Waals surface area contributed by atoms with E-state index in [1.165, 1.54) is 38.3 Å². The highest BCUT2D eigenvalue weighted by molar-refractivity contribution is 7.00. The first-order chi connectivity index (χ1) is 29.2. The number of allylic oxidation sites excluding steroid dienone is 6. The Morgan fingerprint density at radius 3 is 1.64 bits per heavy atom. The molecule has 0 spiro atoms. The monoisotopic (exact) mass is 844 g/mol. The van der Waals surface area contributed by atoms with Gasteiger partial charge in [-0.25, -0.2) is 0 Å². The molecule has 4 aromatic carbocycles. The SMILES string of the molecule is C=C1C(=CC=C2CCC[C@]3(C)[C@@H](C(=C)C=CC=O)CC[C@@H]23)C[C@@H](O[Si](c2ccccc2)(c2ccccc2)C(C)(C)C)C[C@@H]1O[Si](c1ccccc1)(c1ccccc1)C(C)(C)C. The molecule has 7 rings (SSSR count). The van der Waals surface area contributed by atoms with Crippen molar-refractivity contribution in [3.63, 3.8) is 0 Å². The van der Waals surface area contributed by atoms with Crippen LogP contribution in [0.15, 0.2) is 181 Å². The molecule has 3 fully saturated rings. The average molecular weight is 845 g/mol. The van der Waals surface area contributed by atoms with Crippen LogP contribution in [-0.2, 0) is 13.6 Å². The van der Waals surface area contributed by atoms with E-state index >= 15 is 0 Å². The van der Waals surface area contributed by atoms with Crippen LogP contribution in [0.5, 0.6) is 0 Å². The molecule has 3 aliphatic carbocycles. The topological polar surface area (TPSA) is 35.5 Å². The van der Waals surface area contributed by atoms with Gasteiger partial charge in [0.05, 0.1) is 12.2 Å². The van der Waals surface area contributed by atoms with Gasteiger partial charge in [-0.2, -0.15) is 0 Å². The number of hydrogen-bond acceptors (Lipinski definition) is 3. The first kappa shape index (κ1) is 44.7. The molecule has 3 saturated carbocycles. The molecule has 0 saturated heterocycles. The van der Waals surface area contributed by atoms with E-state index < -0.39 is 16.6 Å². The Kier molecular flexibility index (Phi) is 13.3. The van der Waals surface area contributed by atoms with Crippen LogP contribution in [0.2, 0.25) is 10.1 Å². The quantitative estimate of drug-likeness (QED) is 0.0617. The van der Waals surface area contributed by atoms with Crippen molar-refractivity contribution in [2.24, 2.45) is 17.3 Å². The molecule has 0 bridgehead atoms. The second kappa shape index (κ2) is 18.1. The van der Waals surface area contributed by atoms with Gasteiger partial charge in [-0.15, -0.1) is 0 Å². The minimum atomic E-state index is -2.96. The molecule has 0 amide bonds. The lowest BCUT2D eigenvalue weighted by atomic mass is 9.62. The number of hydrogen-bond donors (Lipinski definition) is 0. The smallest absolute Gasteiger partial charge is 0.261 e. The largest absolute Gasteiger partial charge is 0.404 e. The van der Waals surface area contributed by atoms with E-state index in [9.17, 15) is 4.79 Å². The van der Waals surface area contributed by atoms with Gasteiger partial charge in [0.15, 0.2) is 0 Å². The van der Waals surface area contributed by atoms with E-state index in [2.05, 4.69) is 189 Å². The molecule has 5 atom stereocenters. The number of carbonyl (C=O) groups is 1. The lowest BCUT2D eigenvalue weighted by Crippen LogP contribution is -2.69. The first-order valence-corrected chi connectivity index (χ1v) is 26.4. The summed E-state index contributed by atoms with van der Waals surface area (Å²) in [5.41, 5.74) is 5.04. The maximum Gasteiger partial charge on any atom is 0.261 e. The van der Waals surface area contributed by atoms with E-state index in [0.29, 0.717) is 11.8 Å². The summed E-state index contributed by atoms with van der Waals surface area (Å²) in [6.45, 7) is 26.1. The van der Waals surface area contributed by atoms with Crippen LogP contribution in [0.3, 0.4) is 0 Å². The number of fused-ring (bicyclic) bond motifs is 1. The Bertz CT molecular complexity index is 2170. The van der Waals surface area contributed by atoms with E-state index in [-0.39, 0.29) is 27.7 Å². The molecule has 3 aliphatic rings. The van der Waals surface area contributed by atoms with Gasteiger partial charge in [0.2, 0.25) is 0 Å². The number of rotatable bonds is 12. The van der Waals surface area contributed by atoms with Gasteiger partial charge < -0.3 is 8.85 Å². The predicted octanol–water partition coefficient (Wildman–Crippen LogP) is 11.6. The van der Waals surface area contributed by atoms with Gasteiger partial charge in [-0.3, -0.25) is 4.79 Å². The highest BCUT2D eigenvalue weighted by Gasteiger charge is 2.55. The van der Waals surface area contributed by atoms with Crippen LogP contribution in [0.1, 0.15) is 93.4 Å². The fourth-order valence-corrected chi connectivity index (χ4v) is 21.0. The molecule has 61 heavy (non-hydrogen) atoms. The van der Waals surface area contributed by atoms with Crippen LogP contribution < -0.4 is 20.7 Å². The van der Waals surface area contributed by atoms with Crippen molar-refractivity contribution >= 4 is 43.7 Å². The zero-order valence-electron chi connectivity index (χ0n) is 37.8. The Hall–Kier alpha value is -4.40. The van der Waals surface area contributed by atoms with Crippen LogP contribution in [0.25, 0.3) is 0 Å². The van der Waals surface area contributed by atoms with Gasteiger partial charge >= 0.3 is 0 Å². The Morgan fingerprint density at radius 2 is 1.18 bits per heavy atom. The molecule has 0 aliphatic heterocycles. The normalized spacial score (nSPS) is 25.2. The van der Waals surface area contributed by atoms with E-state index in [4.69, 9.17) is 15.4 Å². The molecule has 0 unspecified atom stereocenters. The lowest BCUT2D eigenvalue weighted by Gasteiger charge is -2.49. The van der Waals surface area contributed by atoms with E-state index in [0.717, 1.165) is 56.0 Å². The summed E-state index contributed by atoms with van der Waals surface area (Å²) in [5.74, 6) is 0.859. The fraction of sp³-hybridized carbons (Fsp3) is 0.375. The zero-order valence-corrected chi connectivity index (χ0v) is 39.8. The Labute approximate surface area is 369 Å². The van der Waals surface area contributed by atoms with Crippen LogP contribution in [0, 0.1) is 17.3 Å². The van der Waals surface area contributed by atoms with Gasteiger partial charge in [0.25, 0.3) is 16.6 Å². The summed E-state index contributed by atoms with van der Waals surface area (Å²) in [7, 11) is -5.86. The minimum absolute atomic E-state index is 0.106. The van der Waals surface area contributed by atoms with Crippen LogP contribution in [0.4, 0.5) is 0 Å². The Morgan fingerprint density at radius 1 is 0.705 bits per heavy atom. The summed E-state index contributed by atoms with van der Waals surface area (Å²) in [5, 5.41) is 4.76. The maximum absolute atomic E-state index is 11.2.